The van der Waals surface area contributed by atoms with Crippen LogP contribution < -0.4 is 4.74 Å². The van der Waals surface area contributed by atoms with Crippen molar-refractivity contribution in [3.05, 3.63) is 63.6 Å². The third kappa shape index (κ3) is 4.85. The molecule has 0 radical (unpaired) electrons. The summed E-state index contributed by atoms with van der Waals surface area (Å²) in [5, 5.41) is 11.9. The predicted octanol–water partition coefficient (Wildman–Crippen LogP) is 4.56. The molecule has 0 saturated carbocycles. The normalized spacial score (nSPS) is 13.9. The van der Waals surface area contributed by atoms with Crippen molar-refractivity contribution in [1.29, 1.82) is 0 Å². The van der Waals surface area contributed by atoms with Crippen molar-refractivity contribution in [3.8, 4) is 5.75 Å². The van der Waals surface area contributed by atoms with Gasteiger partial charge in [0.1, 0.15) is 12.4 Å². The van der Waals surface area contributed by atoms with Crippen molar-refractivity contribution in [2.75, 3.05) is 14.1 Å². The minimum Gasteiger partial charge on any atom is -0.489 e. The minimum atomic E-state index is -0.691. The lowest BCUT2D eigenvalue weighted by Gasteiger charge is -2.27. The highest BCUT2D eigenvalue weighted by Gasteiger charge is 2.22. The van der Waals surface area contributed by atoms with Crippen molar-refractivity contribution >= 4 is 23.2 Å². The molecule has 3 nitrogen and oxygen atoms in total. The highest BCUT2D eigenvalue weighted by atomic mass is 35.5. The van der Waals surface area contributed by atoms with Gasteiger partial charge in [-0.15, -0.1) is 0 Å². The smallest absolute Gasteiger partial charge is 0.125 e. The summed E-state index contributed by atoms with van der Waals surface area (Å²) >= 11 is 12.0. The van der Waals surface area contributed by atoms with E-state index < -0.39 is 6.10 Å². The second-order valence-electron chi connectivity index (χ2n) is 5.75. The zero-order chi connectivity index (χ0) is 17.0. The van der Waals surface area contributed by atoms with Gasteiger partial charge in [0.25, 0.3) is 0 Å². The fourth-order valence-electron chi connectivity index (χ4n) is 2.17. The van der Waals surface area contributed by atoms with Gasteiger partial charge in [0.05, 0.1) is 6.10 Å². The van der Waals surface area contributed by atoms with Gasteiger partial charge in [-0.3, -0.25) is 0 Å². The molecule has 0 aliphatic rings. The molecule has 0 fully saturated rings. The minimum absolute atomic E-state index is 0.0636. The second-order valence-corrected chi connectivity index (χ2v) is 6.62. The van der Waals surface area contributed by atoms with E-state index in [1.807, 2.05) is 50.2 Å². The summed E-state index contributed by atoms with van der Waals surface area (Å²) in [6.45, 7) is 2.35. The van der Waals surface area contributed by atoms with Crippen molar-refractivity contribution in [2.45, 2.75) is 25.7 Å². The summed E-state index contributed by atoms with van der Waals surface area (Å²) in [7, 11) is 3.85. The highest BCUT2D eigenvalue weighted by molar-refractivity contribution is 6.30. The van der Waals surface area contributed by atoms with Gasteiger partial charge < -0.3 is 14.7 Å². The first-order chi connectivity index (χ1) is 10.9. The van der Waals surface area contributed by atoms with E-state index in [1.54, 1.807) is 18.2 Å². The first kappa shape index (κ1) is 18.1. The van der Waals surface area contributed by atoms with Crippen LogP contribution in [-0.4, -0.2) is 30.1 Å². The van der Waals surface area contributed by atoms with Crippen molar-refractivity contribution in [1.82, 2.24) is 4.90 Å². The first-order valence-electron chi connectivity index (χ1n) is 7.39. The Kier molecular flexibility index (Phi) is 6.31. The molecule has 2 aromatic rings. The molecule has 2 unspecified atom stereocenters. The molecule has 1 N–H and O–H groups in total. The van der Waals surface area contributed by atoms with Crippen molar-refractivity contribution < 1.29 is 9.84 Å². The molecule has 0 aliphatic heterocycles. The Morgan fingerprint density at radius 1 is 1.04 bits per heavy atom. The summed E-state index contributed by atoms with van der Waals surface area (Å²) in [5.74, 6) is 0.630. The fourth-order valence-corrected chi connectivity index (χ4v) is 2.47. The van der Waals surface area contributed by atoms with Crippen LogP contribution in [-0.2, 0) is 6.61 Å². The van der Waals surface area contributed by atoms with Gasteiger partial charge in [0.2, 0.25) is 0 Å². The average molecular weight is 354 g/mol. The Morgan fingerprint density at radius 3 is 2.26 bits per heavy atom. The first-order valence-corrected chi connectivity index (χ1v) is 8.15. The third-order valence-electron chi connectivity index (χ3n) is 3.87. The quantitative estimate of drug-likeness (QED) is 0.826. The molecule has 5 heteroatoms. The molecule has 0 spiro atoms. The number of hydrogen-bond acceptors (Lipinski definition) is 3. The maximum atomic E-state index is 10.6. The summed E-state index contributed by atoms with van der Waals surface area (Å²) in [6.07, 6.45) is -0.691. The van der Waals surface area contributed by atoms with Gasteiger partial charge in [0.15, 0.2) is 0 Å². The zero-order valence-corrected chi connectivity index (χ0v) is 15.0. The van der Waals surface area contributed by atoms with Crippen LogP contribution in [0.5, 0.6) is 5.75 Å². The molecule has 2 aromatic carbocycles. The molecule has 0 bridgehead atoms. The lowest BCUT2D eigenvalue weighted by atomic mass is 10.0. The summed E-state index contributed by atoms with van der Waals surface area (Å²) in [4.78, 5) is 1.95. The standard InChI is InChI=1S/C18H21Cl2NO2/c1-12(21(2)3)18(22)16-10-15(20)8-9-17(16)23-11-13-4-6-14(19)7-5-13/h4-10,12,18,22H,11H2,1-3H3. The number of rotatable bonds is 6. The van der Waals surface area contributed by atoms with Gasteiger partial charge >= 0.3 is 0 Å². The topological polar surface area (TPSA) is 32.7 Å². The van der Waals surface area contributed by atoms with E-state index in [4.69, 9.17) is 27.9 Å². The van der Waals surface area contributed by atoms with Crippen LogP contribution >= 0.6 is 23.2 Å². The van der Waals surface area contributed by atoms with Crippen LogP contribution in [0.2, 0.25) is 10.0 Å². The number of hydrogen-bond donors (Lipinski definition) is 1. The lowest BCUT2D eigenvalue weighted by Crippen LogP contribution is -2.31. The van der Waals surface area contributed by atoms with Crippen LogP contribution in [0.4, 0.5) is 0 Å². The average Bonchev–Trinajstić information content (AvgIpc) is 2.53. The van der Waals surface area contributed by atoms with Crippen LogP contribution in [0.1, 0.15) is 24.2 Å². The van der Waals surface area contributed by atoms with E-state index in [2.05, 4.69) is 0 Å². The Labute approximate surface area is 147 Å². The summed E-state index contributed by atoms with van der Waals surface area (Å²) in [6, 6.07) is 12.7. The predicted molar refractivity (Wildman–Crippen MR) is 95.3 cm³/mol. The molecule has 0 saturated heterocycles. The SMILES string of the molecule is CC(C(O)c1cc(Cl)ccc1OCc1ccc(Cl)cc1)N(C)C. The highest BCUT2D eigenvalue weighted by Crippen LogP contribution is 2.32. The maximum Gasteiger partial charge on any atom is 0.125 e. The Bertz CT molecular complexity index is 644. The van der Waals surface area contributed by atoms with E-state index in [0.717, 1.165) is 5.56 Å². The Morgan fingerprint density at radius 2 is 1.65 bits per heavy atom. The molecular formula is C18H21Cl2NO2. The van der Waals surface area contributed by atoms with E-state index in [9.17, 15) is 5.11 Å². The monoisotopic (exact) mass is 353 g/mol. The van der Waals surface area contributed by atoms with Crippen LogP contribution in [0, 0.1) is 0 Å². The summed E-state index contributed by atoms with van der Waals surface area (Å²) in [5.41, 5.74) is 1.69. The Hall–Kier alpha value is -1.26. The fraction of sp³-hybridized carbons (Fsp3) is 0.333. The molecule has 0 heterocycles. The number of aliphatic hydroxyl groups is 1. The van der Waals surface area contributed by atoms with Gasteiger partial charge in [-0.1, -0.05) is 35.3 Å². The number of likely N-dealkylation sites (N-methyl/N-ethyl adjacent to an activating group) is 1. The second kappa shape index (κ2) is 8.02. The van der Waals surface area contributed by atoms with Gasteiger partial charge in [-0.05, 0) is 56.9 Å². The zero-order valence-electron chi connectivity index (χ0n) is 13.5. The van der Waals surface area contributed by atoms with Crippen molar-refractivity contribution in [2.24, 2.45) is 0 Å². The molecular weight excluding hydrogens is 333 g/mol. The van der Waals surface area contributed by atoms with Crippen LogP contribution in [0.15, 0.2) is 42.5 Å². The number of nitrogens with zero attached hydrogens (tertiary/aromatic N) is 1. The van der Waals surface area contributed by atoms with Crippen LogP contribution in [0.25, 0.3) is 0 Å². The number of aliphatic hydroxyl groups excluding tert-OH is 1. The molecule has 2 rings (SSSR count). The summed E-state index contributed by atoms with van der Waals surface area (Å²) < 4.78 is 5.89. The molecule has 2 atom stereocenters. The van der Waals surface area contributed by atoms with Gasteiger partial charge in [-0.25, -0.2) is 0 Å². The molecule has 0 aliphatic carbocycles. The van der Waals surface area contributed by atoms with Crippen LogP contribution in [0.3, 0.4) is 0 Å². The van der Waals surface area contributed by atoms with E-state index in [1.165, 1.54) is 0 Å². The molecule has 0 aromatic heterocycles. The Balaban J connectivity index is 2.19. The number of benzene rings is 2. The molecule has 124 valence electrons. The van der Waals surface area contributed by atoms with Crippen molar-refractivity contribution in [3.63, 3.8) is 0 Å². The maximum absolute atomic E-state index is 10.6. The molecule has 0 amide bonds. The lowest BCUT2D eigenvalue weighted by molar-refractivity contribution is 0.0826. The molecule has 23 heavy (non-hydrogen) atoms. The third-order valence-corrected chi connectivity index (χ3v) is 4.36. The number of ether oxygens (including phenoxy) is 1. The largest absolute Gasteiger partial charge is 0.489 e. The van der Waals surface area contributed by atoms with E-state index >= 15 is 0 Å². The van der Waals surface area contributed by atoms with E-state index in [0.29, 0.717) is 28.0 Å². The van der Waals surface area contributed by atoms with Gasteiger partial charge in [-0.2, -0.15) is 0 Å². The van der Waals surface area contributed by atoms with Gasteiger partial charge in [0, 0.05) is 21.7 Å². The van der Waals surface area contributed by atoms with E-state index in [-0.39, 0.29) is 6.04 Å². The number of halogens is 2.